The summed E-state index contributed by atoms with van der Waals surface area (Å²) < 4.78 is 5.47. The predicted octanol–water partition coefficient (Wildman–Crippen LogP) is 1.80. The molecule has 0 aromatic carbocycles. The van der Waals surface area contributed by atoms with Crippen molar-refractivity contribution >= 4 is 0 Å². The van der Waals surface area contributed by atoms with Gasteiger partial charge in [-0.3, -0.25) is 0 Å². The monoisotopic (exact) mass is 171 g/mol. The molecule has 2 unspecified atom stereocenters. The Kier molecular flexibility index (Phi) is 4.62. The molecular weight excluding hydrogens is 150 g/mol. The second-order valence-electron chi connectivity index (χ2n) is 3.58. The molecule has 1 saturated heterocycles. The molecule has 2 heteroatoms. The van der Waals surface area contributed by atoms with Crippen molar-refractivity contribution in [3.05, 3.63) is 0 Å². The highest BCUT2D eigenvalue weighted by molar-refractivity contribution is 4.78. The summed E-state index contributed by atoms with van der Waals surface area (Å²) in [5.74, 6) is 0.753. The molecule has 12 heavy (non-hydrogen) atoms. The molecule has 0 aliphatic carbocycles. The number of hydrogen-bond acceptors (Lipinski definition) is 2. The summed E-state index contributed by atoms with van der Waals surface area (Å²) in [6.45, 7) is 7.42. The summed E-state index contributed by atoms with van der Waals surface area (Å²) in [6, 6.07) is 0.712. The van der Waals surface area contributed by atoms with E-state index in [4.69, 9.17) is 4.74 Å². The van der Waals surface area contributed by atoms with Crippen LogP contribution in [-0.4, -0.2) is 25.8 Å². The number of ether oxygens (including phenoxy) is 1. The van der Waals surface area contributed by atoms with Crippen molar-refractivity contribution in [1.82, 2.24) is 5.32 Å². The fraction of sp³-hybridized carbons (Fsp3) is 1.00. The molecular formula is C10H21NO. The Morgan fingerprint density at radius 3 is 2.92 bits per heavy atom. The Bertz CT molecular complexity index is 98.4. The van der Waals surface area contributed by atoms with E-state index in [0.717, 1.165) is 25.7 Å². The zero-order chi connectivity index (χ0) is 8.81. The number of nitrogens with one attached hydrogen (secondary N) is 1. The molecule has 0 aromatic heterocycles. The third-order valence-electron chi connectivity index (χ3n) is 2.60. The number of rotatable bonds is 4. The van der Waals surface area contributed by atoms with Crippen molar-refractivity contribution < 1.29 is 4.74 Å². The Morgan fingerprint density at radius 1 is 1.42 bits per heavy atom. The Labute approximate surface area is 75.7 Å². The molecule has 1 N–H and O–H groups in total. The van der Waals surface area contributed by atoms with Crippen LogP contribution >= 0.6 is 0 Å². The molecule has 1 aliphatic rings. The lowest BCUT2D eigenvalue weighted by atomic mass is 9.91. The van der Waals surface area contributed by atoms with Gasteiger partial charge < -0.3 is 10.1 Å². The minimum absolute atomic E-state index is 0.712. The van der Waals surface area contributed by atoms with Crippen LogP contribution in [0.15, 0.2) is 0 Å². The number of hydrogen-bond donors (Lipinski definition) is 1. The second-order valence-corrected chi connectivity index (χ2v) is 3.58. The quantitative estimate of drug-likeness (QED) is 0.696. The summed E-state index contributed by atoms with van der Waals surface area (Å²) in [4.78, 5) is 0. The zero-order valence-electron chi connectivity index (χ0n) is 8.31. The predicted molar refractivity (Wildman–Crippen MR) is 51.3 cm³/mol. The molecule has 0 bridgehead atoms. The summed E-state index contributed by atoms with van der Waals surface area (Å²) in [5, 5.41) is 3.54. The van der Waals surface area contributed by atoms with Crippen LogP contribution in [-0.2, 0) is 4.74 Å². The largest absolute Gasteiger partial charge is 0.381 e. The van der Waals surface area contributed by atoms with Crippen LogP contribution in [0.3, 0.4) is 0 Å². The van der Waals surface area contributed by atoms with E-state index in [1.54, 1.807) is 0 Å². The van der Waals surface area contributed by atoms with E-state index in [-0.39, 0.29) is 0 Å². The van der Waals surface area contributed by atoms with Crippen molar-refractivity contribution in [2.24, 2.45) is 5.92 Å². The first kappa shape index (κ1) is 10.0. The first-order valence-corrected chi connectivity index (χ1v) is 5.19. The minimum atomic E-state index is 0.712. The van der Waals surface area contributed by atoms with Crippen LogP contribution in [0.4, 0.5) is 0 Å². The van der Waals surface area contributed by atoms with Gasteiger partial charge in [0.25, 0.3) is 0 Å². The van der Waals surface area contributed by atoms with Gasteiger partial charge >= 0.3 is 0 Å². The minimum Gasteiger partial charge on any atom is -0.381 e. The molecule has 0 spiro atoms. The van der Waals surface area contributed by atoms with Crippen molar-refractivity contribution in [2.45, 2.75) is 39.2 Å². The maximum absolute atomic E-state index is 5.47. The molecule has 1 fully saturated rings. The average molecular weight is 171 g/mol. The Balaban J connectivity index is 2.31. The van der Waals surface area contributed by atoms with E-state index in [1.165, 1.54) is 19.3 Å². The van der Waals surface area contributed by atoms with Gasteiger partial charge in [-0.15, -0.1) is 0 Å². The van der Waals surface area contributed by atoms with Gasteiger partial charge in [-0.2, -0.15) is 0 Å². The maximum Gasteiger partial charge on any atom is 0.0509 e. The van der Waals surface area contributed by atoms with E-state index in [1.807, 2.05) is 0 Å². The van der Waals surface area contributed by atoms with Crippen molar-refractivity contribution in [3.8, 4) is 0 Å². The molecule has 1 heterocycles. The second kappa shape index (κ2) is 5.55. The lowest BCUT2D eigenvalue weighted by molar-refractivity contribution is 0.0290. The summed E-state index contributed by atoms with van der Waals surface area (Å²) in [7, 11) is 0. The SMILES string of the molecule is CCCC1COCCC1NCC. The molecule has 1 rings (SSSR count). The zero-order valence-corrected chi connectivity index (χ0v) is 8.31. The van der Waals surface area contributed by atoms with Crippen LogP contribution in [0, 0.1) is 5.92 Å². The first-order valence-electron chi connectivity index (χ1n) is 5.19. The van der Waals surface area contributed by atoms with Crippen LogP contribution in [0.5, 0.6) is 0 Å². The molecule has 2 nitrogen and oxygen atoms in total. The fourth-order valence-corrected chi connectivity index (χ4v) is 1.98. The summed E-state index contributed by atoms with van der Waals surface area (Å²) >= 11 is 0. The van der Waals surface area contributed by atoms with Gasteiger partial charge in [0.2, 0.25) is 0 Å². The maximum atomic E-state index is 5.47. The molecule has 0 amide bonds. The third-order valence-corrected chi connectivity index (χ3v) is 2.60. The van der Waals surface area contributed by atoms with E-state index >= 15 is 0 Å². The van der Waals surface area contributed by atoms with Gasteiger partial charge in [-0.1, -0.05) is 20.3 Å². The Hall–Kier alpha value is -0.0800. The highest BCUT2D eigenvalue weighted by Gasteiger charge is 2.23. The Morgan fingerprint density at radius 2 is 2.25 bits per heavy atom. The average Bonchev–Trinajstić information content (AvgIpc) is 2.09. The van der Waals surface area contributed by atoms with Crippen LogP contribution < -0.4 is 5.32 Å². The first-order chi connectivity index (χ1) is 5.88. The van der Waals surface area contributed by atoms with Gasteiger partial charge in [0.15, 0.2) is 0 Å². The highest BCUT2D eigenvalue weighted by atomic mass is 16.5. The summed E-state index contributed by atoms with van der Waals surface area (Å²) in [5.41, 5.74) is 0. The lowest BCUT2D eigenvalue weighted by Crippen LogP contribution is -2.42. The standard InChI is InChI=1S/C10H21NO/c1-3-5-9-8-12-7-6-10(9)11-4-2/h9-11H,3-8H2,1-2H3. The van der Waals surface area contributed by atoms with E-state index in [2.05, 4.69) is 19.2 Å². The normalized spacial score (nSPS) is 30.5. The van der Waals surface area contributed by atoms with Crippen molar-refractivity contribution in [1.29, 1.82) is 0 Å². The van der Waals surface area contributed by atoms with Gasteiger partial charge in [0, 0.05) is 12.6 Å². The lowest BCUT2D eigenvalue weighted by Gasteiger charge is -2.31. The highest BCUT2D eigenvalue weighted by Crippen LogP contribution is 2.19. The molecule has 0 aromatic rings. The third kappa shape index (κ3) is 2.76. The fourth-order valence-electron chi connectivity index (χ4n) is 1.98. The topological polar surface area (TPSA) is 21.3 Å². The van der Waals surface area contributed by atoms with Crippen LogP contribution in [0.2, 0.25) is 0 Å². The van der Waals surface area contributed by atoms with E-state index in [0.29, 0.717) is 6.04 Å². The molecule has 0 radical (unpaired) electrons. The molecule has 2 atom stereocenters. The molecule has 0 saturated carbocycles. The van der Waals surface area contributed by atoms with Gasteiger partial charge in [0.05, 0.1) is 6.61 Å². The van der Waals surface area contributed by atoms with E-state index < -0.39 is 0 Å². The van der Waals surface area contributed by atoms with Gasteiger partial charge in [-0.25, -0.2) is 0 Å². The van der Waals surface area contributed by atoms with Crippen molar-refractivity contribution in [3.63, 3.8) is 0 Å². The summed E-state index contributed by atoms with van der Waals surface area (Å²) in [6.07, 6.45) is 3.77. The smallest absolute Gasteiger partial charge is 0.0509 e. The van der Waals surface area contributed by atoms with Gasteiger partial charge in [-0.05, 0) is 25.3 Å². The molecule has 1 aliphatic heterocycles. The molecule has 72 valence electrons. The van der Waals surface area contributed by atoms with Crippen LogP contribution in [0.25, 0.3) is 0 Å². The van der Waals surface area contributed by atoms with Gasteiger partial charge in [0.1, 0.15) is 0 Å². The van der Waals surface area contributed by atoms with Crippen molar-refractivity contribution in [2.75, 3.05) is 19.8 Å². The van der Waals surface area contributed by atoms with Crippen LogP contribution in [0.1, 0.15) is 33.1 Å². The van der Waals surface area contributed by atoms with E-state index in [9.17, 15) is 0 Å².